The van der Waals surface area contributed by atoms with Crippen molar-refractivity contribution in [2.45, 2.75) is 58.1 Å². The van der Waals surface area contributed by atoms with Gasteiger partial charge in [-0.25, -0.2) is 14.6 Å². The molecule has 1 N–H and O–H groups in total. The molecule has 9 nitrogen and oxygen atoms in total. The van der Waals surface area contributed by atoms with Gasteiger partial charge in [-0.1, -0.05) is 6.07 Å². The van der Waals surface area contributed by atoms with E-state index in [0.29, 0.717) is 24.7 Å². The number of nitrogens with one attached hydrogen (secondary N) is 1. The number of H-pyrrole nitrogens is 1. The van der Waals surface area contributed by atoms with Crippen LogP contribution in [0.1, 0.15) is 57.5 Å². The topological polar surface area (TPSA) is 103 Å². The number of fused-ring (bicyclic) bond motifs is 1. The van der Waals surface area contributed by atoms with Crippen LogP contribution >= 0.6 is 0 Å². The number of ether oxygens (including phenoxy) is 1. The van der Waals surface area contributed by atoms with E-state index in [2.05, 4.69) is 10.2 Å². The third kappa shape index (κ3) is 4.28. The molecule has 0 unspecified atom stereocenters. The average Bonchev–Trinajstić information content (AvgIpc) is 3.42. The summed E-state index contributed by atoms with van der Waals surface area (Å²) in [5.41, 5.74) is 2.15. The molecule has 0 bridgehead atoms. The van der Waals surface area contributed by atoms with Gasteiger partial charge in [0.05, 0.1) is 12.2 Å². The minimum Gasteiger partial charge on any atom is -0.460 e. The molecular formula is C23H27N7O2. The first kappa shape index (κ1) is 20.4. The van der Waals surface area contributed by atoms with Gasteiger partial charge in [0.15, 0.2) is 5.82 Å². The zero-order chi connectivity index (χ0) is 22.3. The molecule has 9 heteroatoms. The lowest BCUT2D eigenvalue weighted by Crippen LogP contribution is -2.30. The average molecular weight is 434 g/mol. The van der Waals surface area contributed by atoms with E-state index in [9.17, 15) is 4.79 Å². The first-order chi connectivity index (χ1) is 15.3. The van der Waals surface area contributed by atoms with Gasteiger partial charge >= 0.3 is 5.97 Å². The Bertz CT molecular complexity index is 1190. The van der Waals surface area contributed by atoms with Gasteiger partial charge in [0.25, 0.3) is 0 Å². The molecular weight excluding hydrogens is 406 g/mol. The van der Waals surface area contributed by atoms with Crippen LogP contribution < -0.4 is 0 Å². The van der Waals surface area contributed by atoms with Crippen molar-refractivity contribution in [1.82, 2.24) is 34.3 Å². The van der Waals surface area contributed by atoms with Crippen LogP contribution in [0.3, 0.4) is 0 Å². The molecule has 4 aromatic rings. The number of rotatable bonds is 6. The van der Waals surface area contributed by atoms with Crippen LogP contribution in [0.5, 0.6) is 0 Å². The summed E-state index contributed by atoms with van der Waals surface area (Å²) in [6.45, 7) is 6.22. The highest BCUT2D eigenvalue weighted by atomic mass is 16.6. The van der Waals surface area contributed by atoms with E-state index in [-0.39, 0.29) is 11.9 Å². The summed E-state index contributed by atoms with van der Waals surface area (Å²) in [6, 6.07) is 7.80. The normalized spacial score (nSPS) is 18.6. The number of nitrogens with zero attached hydrogens (tertiary/aromatic N) is 6. The lowest BCUT2D eigenvalue weighted by molar-refractivity contribution is -0.156. The summed E-state index contributed by atoms with van der Waals surface area (Å²) in [4.78, 5) is 21.7. The van der Waals surface area contributed by atoms with Crippen molar-refractivity contribution in [1.29, 1.82) is 0 Å². The van der Waals surface area contributed by atoms with Crippen LogP contribution in [0, 0.1) is 5.92 Å². The van der Waals surface area contributed by atoms with Crippen molar-refractivity contribution >= 4 is 11.6 Å². The number of hydrogen-bond acceptors (Lipinski definition) is 6. The van der Waals surface area contributed by atoms with Crippen LogP contribution in [-0.4, -0.2) is 45.9 Å². The maximum absolute atomic E-state index is 12.2. The zero-order valence-corrected chi connectivity index (χ0v) is 18.5. The van der Waals surface area contributed by atoms with Gasteiger partial charge in [0.1, 0.15) is 22.8 Å². The monoisotopic (exact) mass is 433 g/mol. The number of aromatic nitrogens is 7. The zero-order valence-electron chi connectivity index (χ0n) is 18.5. The van der Waals surface area contributed by atoms with E-state index in [1.165, 1.54) is 0 Å². The summed E-state index contributed by atoms with van der Waals surface area (Å²) in [7, 11) is 0. The summed E-state index contributed by atoms with van der Waals surface area (Å²) < 4.78 is 9.41. The standard InChI is InChI=1S/C23H27N7O2/c1-23(2,3)32-20(31)12-15-10-16(11-15)22-26-21(18-7-8-24-27-18)28-30(22)14-17-13-29-9-5-4-6-19(29)25-17/h4-9,13,15-16H,10-12,14H2,1-3H3,(H,24,27). The van der Waals surface area contributed by atoms with Gasteiger partial charge in [0.2, 0.25) is 0 Å². The predicted octanol–water partition coefficient (Wildman–Crippen LogP) is 3.59. The number of imidazole rings is 1. The molecule has 0 aliphatic heterocycles. The molecule has 0 saturated heterocycles. The van der Waals surface area contributed by atoms with Crippen molar-refractivity contribution in [3.8, 4) is 11.5 Å². The molecule has 4 heterocycles. The molecule has 1 aliphatic carbocycles. The number of aromatic amines is 1. The molecule has 4 aromatic heterocycles. The number of esters is 1. The van der Waals surface area contributed by atoms with Crippen LogP contribution in [0.2, 0.25) is 0 Å². The predicted molar refractivity (Wildman–Crippen MR) is 118 cm³/mol. The fraction of sp³-hybridized carbons (Fsp3) is 0.435. The molecule has 0 aromatic carbocycles. The molecule has 0 radical (unpaired) electrons. The summed E-state index contributed by atoms with van der Waals surface area (Å²) in [5, 5.41) is 11.7. The third-order valence-electron chi connectivity index (χ3n) is 5.64. The van der Waals surface area contributed by atoms with Crippen molar-refractivity contribution in [3.05, 3.63) is 54.4 Å². The first-order valence-corrected chi connectivity index (χ1v) is 10.9. The van der Waals surface area contributed by atoms with Gasteiger partial charge in [-0.3, -0.25) is 9.89 Å². The quantitative estimate of drug-likeness (QED) is 0.466. The van der Waals surface area contributed by atoms with Gasteiger partial charge in [0, 0.05) is 30.9 Å². The molecule has 1 fully saturated rings. The first-order valence-electron chi connectivity index (χ1n) is 10.9. The second-order valence-electron chi connectivity index (χ2n) is 9.44. The van der Waals surface area contributed by atoms with Gasteiger partial charge in [-0.15, -0.1) is 5.10 Å². The van der Waals surface area contributed by atoms with Crippen LogP contribution in [0.15, 0.2) is 42.9 Å². The third-order valence-corrected chi connectivity index (χ3v) is 5.64. The minimum absolute atomic E-state index is 0.134. The van der Waals surface area contributed by atoms with Crippen molar-refractivity contribution in [2.24, 2.45) is 5.92 Å². The number of carbonyl (C=O) groups is 1. The van der Waals surface area contributed by atoms with E-state index in [0.717, 1.165) is 35.7 Å². The number of hydrogen-bond donors (Lipinski definition) is 1. The highest BCUT2D eigenvalue weighted by Crippen LogP contribution is 2.43. The Kier molecular flexibility index (Phi) is 5.03. The maximum atomic E-state index is 12.2. The smallest absolute Gasteiger partial charge is 0.306 e. The van der Waals surface area contributed by atoms with Crippen LogP contribution in [-0.2, 0) is 16.1 Å². The Morgan fingerprint density at radius 2 is 2.06 bits per heavy atom. The SMILES string of the molecule is CC(C)(C)OC(=O)CC1CC(c2nc(-c3ccn[nH]3)nn2Cc2cn3ccccc3n2)C1. The van der Waals surface area contributed by atoms with Gasteiger partial charge in [-0.05, 0) is 57.7 Å². The van der Waals surface area contributed by atoms with Crippen LogP contribution in [0.25, 0.3) is 17.2 Å². The molecule has 1 aliphatic rings. The minimum atomic E-state index is -0.451. The lowest BCUT2D eigenvalue weighted by Gasteiger charge is -2.34. The Labute approximate surface area is 185 Å². The second kappa shape index (κ2) is 7.89. The van der Waals surface area contributed by atoms with E-state index < -0.39 is 5.60 Å². The Hall–Kier alpha value is -3.49. The molecule has 0 amide bonds. The summed E-state index contributed by atoms with van der Waals surface area (Å²) in [6.07, 6.45) is 7.93. The van der Waals surface area contributed by atoms with Gasteiger partial charge < -0.3 is 9.14 Å². The van der Waals surface area contributed by atoms with E-state index in [4.69, 9.17) is 19.8 Å². The van der Waals surface area contributed by atoms with Crippen molar-refractivity contribution in [2.75, 3.05) is 0 Å². The number of carbonyl (C=O) groups excluding carboxylic acids is 1. The van der Waals surface area contributed by atoms with Crippen molar-refractivity contribution < 1.29 is 9.53 Å². The Balaban J connectivity index is 1.34. The van der Waals surface area contributed by atoms with Crippen molar-refractivity contribution in [3.63, 3.8) is 0 Å². The van der Waals surface area contributed by atoms with Crippen LogP contribution in [0.4, 0.5) is 0 Å². The Morgan fingerprint density at radius 1 is 1.22 bits per heavy atom. The maximum Gasteiger partial charge on any atom is 0.306 e. The molecule has 32 heavy (non-hydrogen) atoms. The van der Waals surface area contributed by atoms with E-state index in [1.54, 1.807) is 6.20 Å². The fourth-order valence-electron chi connectivity index (χ4n) is 4.22. The Morgan fingerprint density at radius 3 is 2.78 bits per heavy atom. The molecule has 5 rings (SSSR count). The largest absolute Gasteiger partial charge is 0.460 e. The highest BCUT2D eigenvalue weighted by Gasteiger charge is 2.36. The molecule has 0 spiro atoms. The van der Waals surface area contributed by atoms with Gasteiger partial charge in [-0.2, -0.15) is 5.10 Å². The summed E-state index contributed by atoms with van der Waals surface area (Å²) >= 11 is 0. The molecule has 0 atom stereocenters. The highest BCUT2D eigenvalue weighted by molar-refractivity contribution is 5.70. The van der Waals surface area contributed by atoms with E-state index >= 15 is 0 Å². The molecule has 1 saturated carbocycles. The van der Waals surface area contributed by atoms with E-state index in [1.807, 2.05) is 66.5 Å². The fourth-order valence-corrected chi connectivity index (χ4v) is 4.22. The molecule has 166 valence electrons. The second-order valence-corrected chi connectivity index (χ2v) is 9.44. The number of pyridine rings is 1. The lowest BCUT2D eigenvalue weighted by atomic mass is 9.73. The summed E-state index contributed by atoms with van der Waals surface area (Å²) in [5.74, 6) is 1.98.